The molecule has 0 aromatic carbocycles. The number of aryl methyl sites for hydroxylation is 1. The van der Waals surface area contributed by atoms with Crippen LogP contribution in [0.1, 0.15) is 83.9 Å². The molecule has 0 bridgehead atoms. The number of hydrogen-bond donors (Lipinski definition) is 1. The molecule has 0 fully saturated rings. The predicted octanol–water partition coefficient (Wildman–Crippen LogP) is 5.35. The van der Waals surface area contributed by atoms with Crippen LogP contribution in [0.2, 0.25) is 5.02 Å². The highest BCUT2D eigenvalue weighted by atomic mass is 35.5. The monoisotopic (exact) mass is 313 g/mol. The Morgan fingerprint density at radius 1 is 1.10 bits per heavy atom. The molecule has 0 spiro atoms. The van der Waals surface area contributed by atoms with Gasteiger partial charge in [0.05, 0.1) is 23.0 Å². The average molecular weight is 314 g/mol. The first kappa shape index (κ1) is 18.5. The second-order valence-corrected chi connectivity index (χ2v) is 6.16. The first-order chi connectivity index (χ1) is 10.2. The molecule has 0 aliphatic carbocycles. The normalized spacial score (nSPS) is 12.8. The summed E-state index contributed by atoms with van der Waals surface area (Å²) in [5, 5.41) is 8.82. The van der Waals surface area contributed by atoms with Crippen LogP contribution in [-0.4, -0.2) is 16.3 Å². The summed E-state index contributed by atoms with van der Waals surface area (Å²) >= 11 is 6.36. The molecule has 21 heavy (non-hydrogen) atoms. The van der Waals surface area contributed by atoms with Crippen molar-refractivity contribution >= 4 is 11.6 Å². The largest absolute Gasteiger partial charge is 0.309 e. The number of hydrogen-bond acceptors (Lipinski definition) is 2. The number of unbranched alkanes of at least 4 members (excludes halogenated alkanes) is 5. The van der Waals surface area contributed by atoms with Crippen LogP contribution in [0.3, 0.4) is 0 Å². The third-order valence-electron chi connectivity index (χ3n) is 3.95. The Balaban J connectivity index is 2.53. The van der Waals surface area contributed by atoms with Crippen LogP contribution >= 0.6 is 11.6 Å². The molecular formula is C17H32ClN3. The van der Waals surface area contributed by atoms with Gasteiger partial charge in [0.2, 0.25) is 0 Å². The van der Waals surface area contributed by atoms with E-state index in [-0.39, 0.29) is 0 Å². The van der Waals surface area contributed by atoms with Gasteiger partial charge in [-0.25, -0.2) is 0 Å². The molecule has 1 N–H and O–H groups in total. The molecule has 122 valence electrons. The summed E-state index contributed by atoms with van der Waals surface area (Å²) in [6.45, 7) is 8.50. The number of nitrogens with zero attached hydrogens (tertiary/aromatic N) is 2. The first-order valence-corrected chi connectivity index (χ1v) is 9.06. The summed E-state index contributed by atoms with van der Waals surface area (Å²) in [5.41, 5.74) is 1.17. The van der Waals surface area contributed by atoms with E-state index in [2.05, 4.69) is 31.2 Å². The Kier molecular flexibility index (Phi) is 9.77. The fourth-order valence-corrected chi connectivity index (χ4v) is 3.03. The van der Waals surface area contributed by atoms with Crippen LogP contribution in [0.15, 0.2) is 6.20 Å². The fourth-order valence-electron chi connectivity index (χ4n) is 2.75. The molecule has 0 radical (unpaired) electrons. The fraction of sp³-hybridized carbons (Fsp3) is 0.824. The van der Waals surface area contributed by atoms with E-state index in [1.807, 2.05) is 4.68 Å². The Labute approximate surface area is 135 Å². The summed E-state index contributed by atoms with van der Waals surface area (Å²) in [4.78, 5) is 0. The van der Waals surface area contributed by atoms with Gasteiger partial charge in [0.1, 0.15) is 0 Å². The first-order valence-electron chi connectivity index (χ1n) is 8.69. The van der Waals surface area contributed by atoms with Gasteiger partial charge in [-0.3, -0.25) is 4.68 Å². The summed E-state index contributed by atoms with van der Waals surface area (Å²) in [7, 11) is 0. The Morgan fingerprint density at radius 2 is 1.81 bits per heavy atom. The zero-order valence-electron chi connectivity index (χ0n) is 14.0. The third-order valence-corrected chi connectivity index (χ3v) is 4.24. The van der Waals surface area contributed by atoms with Gasteiger partial charge in [0.15, 0.2) is 0 Å². The van der Waals surface area contributed by atoms with Crippen molar-refractivity contribution in [3.8, 4) is 0 Å². The Morgan fingerprint density at radius 3 is 2.48 bits per heavy atom. The molecule has 4 heteroatoms. The molecule has 1 rings (SSSR count). The molecule has 1 heterocycles. The maximum atomic E-state index is 6.36. The van der Waals surface area contributed by atoms with Crippen LogP contribution in [0.4, 0.5) is 0 Å². The van der Waals surface area contributed by atoms with Crippen molar-refractivity contribution in [1.29, 1.82) is 0 Å². The predicted molar refractivity (Wildman–Crippen MR) is 91.9 cm³/mol. The van der Waals surface area contributed by atoms with Crippen LogP contribution in [-0.2, 0) is 6.54 Å². The van der Waals surface area contributed by atoms with Gasteiger partial charge in [-0.05, 0) is 26.3 Å². The van der Waals surface area contributed by atoms with Crippen molar-refractivity contribution in [3.05, 3.63) is 16.9 Å². The lowest BCUT2D eigenvalue weighted by atomic mass is 10.0. The quantitative estimate of drug-likeness (QED) is 0.527. The van der Waals surface area contributed by atoms with Crippen molar-refractivity contribution in [2.45, 2.75) is 84.7 Å². The number of rotatable bonds is 12. The molecule has 3 nitrogen and oxygen atoms in total. The van der Waals surface area contributed by atoms with E-state index in [0.717, 1.165) is 31.0 Å². The zero-order chi connectivity index (χ0) is 15.5. The lowest BCUT2D eigenvalue weighted by Crippen LogP contribution is -2.25. The molecule has 1 aromatic heterocycles. The lowest BCUT2D eigenvalue weighted by molar-refractivity contribution is 0.435. The highest BCUT2D eigenvalue weighted by Crippen LogP contribution is 2.27. The second-order valence-electron chi connectivity index (χ2n) is 5.76. The van der Waals surface area contributed by atoms with Crippen LogP contribution < -0.4 is 5.32 Å². The van der Waals surface area contributed by atoms with Gasteiger partial charge in [0, 0.05) is 6.54 Å². The van der Waals surface area contributed by atoms with Crippen molar-refractivity contribution in [3.63, 3.8) is 0 Å². The molecule has 0 saturated heterocycles. The zero-order valence-corrected chi connectivity index (χ0v) is 14.8. The minimum Gasteiger partial charge on any atom is -0.309 e. The van der Waals surface area contributed by atoms with E-state index < -0.39 is 0 Å². The summed E-state index contributed by atoms with van der Waals surface area (Å²) in [6.07, 6.45) is 12.1. The second kappa shape index (κ2) is 11.1. The van der Waals surface area contributed by atoms with Gasteiger partial charge in [-0.15, -0.1) is 0 Å². The summed E-state index contributed by atoms with van der Waals surface area (Å²) in [6, 6.07) is 0.339. The molecule has 0 amide bonds. The topological polar surface area (TPSA) is 29.9 Å². The number of aromatic nitrogens is 2. The van der Waals surface area contributed by atoms with E-state index in [4.69, 9.17) is 11.6 Å². The maximum absolute atomic E-state index is 6.36. The van der Waals surface area contributed by atoms with E-state index in [1.165, 1.54) is 44.2 Å². The van der Waals surface area contributed by atoms with Crippen LogP contribution in [0, 0.1) is 0 Å². The average Bonchev–Trinajstić information content (AvgIpc) is 2.87. The minimum absolute atomic E-state index is 0.339. The smallest absolute Gasteiger partial charge is 0.0834 e. The molecule has 0 aliphatic heterocycles. The molecule has 1 aromatic rings. The van der Waals surface area contributed by atoms with Gasteiger partial charge in [-0.2, -0.15) is 5.10 Å². The Hall–Kier alpha value is -0.540. The van der Waals surface area contributed by atoms with Gasteiger partial charge < -0.3 is 5.32 Å². The highest BCUT2D eigenvalue weighted by Gasteiger charge is 2.18. The van der Waals surface area contributed by atoms with Crippen LogP contribution in [0.5, 0.6) is 0 Å². The van der Waals surface area contributed by atoms with Gasteiger partial charge in [-0.1, -0.05) is 64.0 Å². The standard InChI is InChI=1S/C17H32ClN3/c1-4-7-8-9-10-11-12-16(19-13-5-2)17-15(18)14-20-21(17)6-3/h14,16,19H,4-13H2,1-3H3. The van der Waals surface area contributed by atoms with E-state index in [9.17, 15) is 0 Å². The van der Waals surface area contributed by atoms with Crippen molar-refractivity contribution in [1.82, 2.24) is 15.1 Å². The van der Waals surface area contributed by atoms with E-state index in [0.29, 0.717) is 6.04 Å². The lowest BCUT2D eigenvalue weighted by Gasteiger charge is -2.20. The molecule has 1 unspecified atom stereocenters. The minimum atomic E-state index is 0.339. The number of halogens is 1. The van der Waals surface area contributed by atoms with Crippen LogP contribution in [0.25, 0.3) is 0 Å². The van der Waals surface area contributed by atoms with Crippen molar-refractivity contribution in [2.24, 2.45) is 0 Å². The van der Waals surface area contributed by atoms with E-state index >= 15 is 0 Å². The molecule has 0 saturated carbocycles. The highest BCUT2D eigenvalue weighted by molar-refractivity contribution is 6.31. The molecule has 1 atom stereocenters. The number of nitrogens with one attached hydrogen (secondary N) is 1. The summed E-state index contributed by atoms with van der Waals surface area (Å²) < 4.78 is 2.03. The third kappa shape index (κ3) is 6.39. The van der Waals surface area contributed by atoms with Crippen molar-refractivity contribution < 1.29 is 0 Å². The van der Waals surface area contributed by atoms with Gasteiger partial charge >= 0.3 is 0 Å². The Bertz CT molecular complexity index is 376. The molecular weight excluding hydrogens is 282 g/mol. The summed E-state index contributed by atoms with van der Waals surface area (Å²) in [5.74, 6) is 0. The SMILES string of the molecule is CCCCCCCCC(NCCC)c1c(Cl)cnn1CC. The van der Waals surface area contributed by atoms with E-state index in [1.54, 1.807) is 6.20 Å². The molecule has 0 aliphatic rings. The van der Waals surface area contributed by atoms with Gasteiger partial charge in [0.25, 0.3) is 0 Å². The van der Waals surface area contributed by atoms with Crippen molar-refractivity contribution in [2.75, 3.05) is 6.54 Å². The maximum Gasteiger partial charge on any atom is 0.0834 e.